The van der Waals surface area contributed by atoms with Gasteiger partial charge in [0.1, 0.15) is 0 Å². The molecule has 0 radical (unpaired) electrons. The summed E-state index contributed by atoms with van der Waals surface area (Å²) in [7, 11) is -2.60. The van der Waals surface area contributed by atoms with Crippen LogP contribution < -0.4 is 0 Å². The van der Waals surface area contributed by atoms with E-state index in [1.807, 2.05) is 0 Å². The highest BCUT2D eigenvalue weighted by Crippen LogP contribution is 2.21. The molecule has 0 aromatic heterocycles. The van der Waals surface area contributed by atoms with Gasteiger partial charge < -0.3 is 13.3 Å². The van der Waals surface area contributed by atoms with Crippen molar-refractivity contribution in [3.05, 3.63) is 35.4 Å². The lowest BCUT2D eigenvalue weighted by Gasteiger charge is -2.29. The van der Waals surface area contributed by atoms with Crippen molar-refractivity contribution in [3.63, 3.8) is 0 Å². The van der Waals surface area contributed by atoms with E-state index in [0.29, 0.717) is 25.7 Å². The van der Waals surface area contributed by atoms with Gasteiger partial charge in [0.2, 0.25) is 0 Å². The standard InChI is InChI=1S/C18H31ClO3Si/c1-4-11-20-23(21-12-5-2,22-13-6-3)14-10-17-8-7-9-18(15-17)16-19/h7-9,15H,4-6,10-14,16H2,1-3H3. The Balaban J connectivity index is 2.78. The average Bonchev–Trinajstić information content (AvgIpc) is 2.60. The molecule has 0 saturated carbocycles. The minimum atomic E-state index is -2.60. The Hall–Kier alpha value is -0.393. The number of hydrogen-bond acceptors (Lipinski definition) is 3. The summed E-state index contributed by atoms with van der Waals surface area (Å²) in [6.45, 7) is 8.43. The fraction of sp³-hybridized carbons (Fsp3) is 0.667. The maximum atomic E-state index is 6.13. The molecule has 0 bridgehead atoms. The van der Waals surface area contributed by atoms with Crippen LogP contribution in [0.1, 0.15) is 51.2 Å². The molecule has 0 aliphatic rings. The second-order valence-corrected chi connectivity index (χ2v) is 8.68. The van der Waals surface area contributed by atoms with Gasteiger partial charge in [0.05, 0.1) is 0 Å². The molecule has 1 aromatic rings. The summed E-state index contributed by atoms with van der Waals surface area (Å²) >= 11 is 5.93. The first kappa shape index (κ1) is 20.7. The smallest absolute Gasteiger partial charge is 0.373 e. The molecule has 0 unspecified atom stereocenters. The van der Waals surface area contributed by atoms with Crippen LogP contribution in [0.25, 0.3) is 0 Å². The summed E-state index contributed by atoms with van der Waals surface area (Å²) in [5.74, 6) is 0.543. The minimum Gasteiger partial charge on any atom is -0.373 e. The van der Waals surface area contributed by atoms with Crippen molar-refractivity contribution in [1.29, 1.82) is 0 Å². The molecule has 0 saturated heterocycles. The highest BCUT2D eigenvalue weighted by Gasteiger charge is 2.40. The number of aryl methyl sites for hydroxylation is 1. The van der Waals surface area contributed by atoms with Gasteiger partial charge in [-0.05, 0) is 36.8 Å². The van der Waals surface area contributed by atoms with Crippen LogP contribution in [0.5, 0.6) is 0 Å². The molecule has 23 heavy (non-hydrogen) atoms. The van der Waals surface area contributed by atoms with E-state index in [9.17, 15) is 0 Å². The molecule has 1 rings (SSSR count). The first-order valence-electron chi connectivity index (χ1n) is 8.75. The maximum absolute atomic E-state index is 6.13. The van der Waals surface area contributed by atoms with Crippen molar-refractivity contribution < 1.29 is 13.3 Å². The maximum Gasteiger partial charge on any atom is 0.501 e. The van der Waals surface area contributed by atoms with Crippen molar-refractivity contribution in [2.45, 2.75) is 58.4 Å². The molecule has 0 spiro atoms. The number of alkyl halides is 1. The third-order valence-electron chi connectivity index (χ3n) is 3.44. The van der Waals surface area contributed by atoms with Gasteiger partial charge in [-0.25, -0.2) is 0 Å². The second-order valence-electron chi connectivity index (χ2n) is 5.68. The highest BCUT2D eigenvalue weighted by atomic mass is 35.5. The van der Waals surface area contributed by atoms with Crippen LogP contribution >= 0.6 is 11.6 Å². The molecule has 5 heteroatoms. The van der Waals surface area contributed by atoms with Gasteiger partial charge in [-0.1, -0.05) is 45.0 Å². The summed E-state index contributed by atoms with van der Waals surface area (Å²) in [6.07, 6.45) is 3.82. The Labute approximate surface area is 147 Å². The fourth-order valence-corrected chi connectivity index (χ4v) is 5.27. The van der Waals surface area contributed by atoms with Crippen LogP contribution in [0.2, 0.25) is 6.04 Å². The molecule has 0 aliphatic heterocycles. The summed E-state index contributed by atoms with van der Waals surface area (Å²) < 4.78 is 18.4. The van der Waals surface area contributed by atoms with E-state index >= 15 is 0 Å². The van der Waals surface area contributed by atoms with Crippen LogP contribution in [0.3, 0.4) is 0 Å². The molecule has 0 aliphatic carbocycles. The first-order valence-corrected chi connectivity index (χ1v) is 11.2. The number of hydrogen-bond donors (Lipinski definition) is 0. The Morgan fingerprint density at radius 1 is 0.870 bits per heavy atom. The molecule has 0 N–H and O–H groups in total. The van der Waals surface area contributed by atoms with Gasteiger partial charge in [-0.3, -0.25) is 0 Å². The van der Waals surface area contributed by atoms with Crippen LogP contribution in [0.15, 0.2) is 24.3 Å². The lowest BCUT2D eigenvalue weighted by Crippen LogP contribution is -2.47. The SMILES string of the molecule is CCCO[Si](CCc1cccc(CCl)c1)(OCCC)OCCC. The Morgan fingerprint density at radius 3 is 1.87 bits per heavy atom. The molecule has 1 aromatic carbocycles. The monoisotopic (exact) mass is 358 g/mol. The van der Waals surface area contributed by atoms with Crippen molar-refractivity contribution in [1.82, 2.24) is 0 Å². The Morgan fingerprint density at radius 2 is 1.39 bits per heavy atom. The van der Waals surface area contributed by atoms with Gasteiger partial charge in [-0.2, -0.15) is 0 Å². The summed E-state index contributed by atoms with van der Waals surface area (Å²) in [5.41, 5.74) is 2.41. The highest BCUT2D eigenvalue weighted by molar-refractivity contribution is 6.60. The van der Waals surface area contributed by atoms with Gasteiger partial charge in [0.25, 0.3) is 0 Å². The molecule has 0 amide bonds. The largest absolute Gasteiger partial charge is 0.501 e. The number of rotatable bonds is 13. The molecular formula is C18H31ClO3Si. The van der Waals surface area contributed by atoms with Crippen molar-refractivity contribution >= 4 is 20.4 Å². The Kier molecular flexibility index (Phi) is 10.8. The van der Waals surface area contributed by atoms with E-state index in [2.05, 4.69) is 45.0 Å². The normalized spacial score (nSPS) is 11.8. The molecule has 0 atom stereocenters. The van der Waals surface area contributed by atoms with E-state index in [4.69, 9.17) is 24.9 Å². The van der Waals surface area contributed by atoms with Crippen LogP contribution in [-0.4, -0.2) is 28.6 Å². The summed E-state index contributed by atoms with van der Waals surface area (Å²) in [4.78, 5) is 0. The summed E-state index contributed by atoms with van der Waals surface area (Å²) in [5, 5.41) is 0. The second kappa shape index (κ2) is 12.0. The third-order valence-corrected chi connectivity index (χ3v) is 6.55. The van der Waals surface area contributed by atoms with Crippen LogP contribution in [0, 0.1) is 0 Å². The van der Waals surface area contributed by atoms with E-state index in [1.54, 1.807) is 0 Å². The topological polar surface area (TPSA) is 27.7 Å². The van der Waals surface area contributed by atoms with E-state index in [-0.39, 0.29) is 0 Å². The van der Waals surface area contributed by atoms with Crippen LogP contribution in [0.4, 0.5) is 0 Å². The molecular weight excluding hydrogens is 328 g/mol. The van der Waals surface area contributed by atoms with E-state index in [1.165, 1.54) is 5.56 Å². The Bertz CT molecular complexity index is 407. The zero-order chi connectivity index (χ0) is 17.0. The minimum absolute atomic E-state index is 0.543. The van der Waals surface area contributed by atoms with E-state index in [0.717, 1.165) is 37.3 Å². The number of benzene rings is 1. The van der Waals surface area contributed by atoms with Gasteiger partial charge in [0.15, 0.2) is 0 Å². The third kappa shape index (κ3) is 7.81. The van der Waals surface area contributed by atoms with E-state index < -0.39 is 8.80 Å². The molecule has 0 heterocycles. The molecule has 0 fully saturated rings. The quantitative estimate of drug-likeness (QED) is 0.359. The predicted molar refractivity (Wildman–Crippen MR) is 99.0 cm³/mol. The lowest BCUT2D eigenvalue weighted by atomic mass is 10.1. The molecule has 3 nitrogen and oxygen atoms in total. The van der Waals surface area contributed by atoms with Crippen LogP contribution in [-0.2, 0) is 25.6 Å². The van der Waals surface area contributed by atoms with Gasteiger partial charge in [-0.15, -0.1) is 11.6 Å². The van der Waals surface area contributed by atoms with Crippen molar-refractivity contribution in [3.8, 4) is 0 Å². The predicted octanol–water partition coefficient (Wildman–Crippen LogP) is 5.19. The van der Waals surface area contributed by atoms with Crippen molar-refractivity contribution in [2.75, 3.05) is 19.8 Å². The zero-order valence-electron chi connectivity index (χ0n) is 14.8. The zero-order valence-corrected chi connectivity index (χ0v) is 16.5. The lowest BCUT2D eigenvalue weighted by molar-refractivity contribution is 0.0593. The summed E-state index contributed by atoms with van der Waals surface area (Å²) in [6, 6.07) is 9.22. The first-order chi connectivity index (χ1) is 11.2. The average molecular weight is 359 g/mol. The molecule has 132 valence electrons. The van der Waals surface area contributed by atoms with Gasteiger partial charge in [0, 0.05) is 31.7 Å². The van der Waals surface area contributed by atoms with Gasteiger partial charge >= 0.3 is 8.80 Å². The number of halogens is 1. The fourth-order valence-electron chi connectivity index (χ4n) is 2.28. The van der Waals surface area contributed by atoms with Crippen molar-refractivity contribution in [2.24, 2.45) is 0 Å².